The highest BCUT2D eigenvalue weighted by molar-refractivity contribution is 5.91. The Hall–Kier alpha value is -1.59. The van der Waals surface area contributed by atoms with Gasteiger partial charge in [0.15, 0.2) is 0 Å². The van der Waals surface area contributed by atoms with Crippen LogP contribution in [-0.2, 0) is 0 Å². The smallest absolute Gasteiger partial charge is 0.0692 e. The standard InChI is InChI=1S/C11H9N/c1-9-3-2-4-10-5-7-12-8-6-11(9)10/h2-4,6-8H,1H3. The first-order valence-corrected chi connectivity index (χ1v) is 3.92. The number of hydrogen-bond acceptors (Lipinski definition) is 1. The molecule has 0 amide bonds. The van der Waals surface area contributed by atoms with Crippen molar-refractivity contribution in [3.05, 3.63) is 40.4 Å². The van der Waals surface area contributed by atoms with Crippen LogP contribution in [0.15, 0.2) is 29.4 Å². The van der Waals surface area contributed by atoms with Crippen molar-refractivity contribution in [3.8, 4) is 0 Å². The monoisotopic (exact) mass is 155 g/mol. The first-order valence-electron chi connectivity index (χ1n) is 3.92. The molecule has 0 aliphatic carbocycles. The van der Waals surface area contributed by atoms with Gasteiger partial charge in [-0.15, -0.1) is 0 Å². The Morgan fingerprint density at radius 1 is 1.33 bits per heavy atom. The molecule has 1 aromatic rings. The summed E-state index contributed by atoms with van der Waals surface area (Å²) in [6.07, 6.45) is 5.51. The van der Waals surface area contributed by atoms with Gasteiger partial charge in [0.25, 0.3) is 0 Å². The fraction of sp³-hybridized carbons (Fsp3) is 0.0909. The van der Waals surface area contributed by atoms with Crippen LogP contribution in [0.1, 0.15) is 5.56 Å². The zero-order valence-electron chi connectivity index (χ0n) is 6.91. The number of nitrogens with zero attached hydrogens (tertiary/aromatic N) is 1. The second-order valence-corrected chi connectivity index (χ2v) is 2.77. The van der Waals surface area contributed by atoms with Gasteiger partial charge in [-0.1, -0.05) is 17.9 Å². The lowest BCUT2D eigenvalue weighted by Crippen LogP contribution is -2.25. The second-order valence-electron chi connectivity index (χ2n) is 2.77. The molecule has 0 spiro atoms. The molecule has 0 bridgehead atoms. The van der Waals surface area contributed by atoms with E-state index in [1.165, 1.54) is 10.8 Å². The van der Waals surface area contributed by atoms with Crippen molar-refractivity contribution < 1.29 is 0 Å². The number of rotatable bonds is 0. The SMILES string of the molecule is Cc1cccc2c1=CC=NC=C=2. The Morgan fingerprint density at radius 2 is 2.25 bits per heavy atom. The molecule has 0 saturated heterocycles. The topological polar surface area (TPSA) is 12.4 Å². The molecule has 1 nitrogen and oxygen atoms in total. The summed E-state index contributed by atoms with van der Waals surface area (Å²) in [5.41, 5.74) is 4.38. The van der Waals surface area contributed by atoms with Gasteiger partial charge >= 0.3 is 0 Å². The van der Waals surface area contributed by atoms with Crippen LogP contribution in [0.5, 0.6) is 0 Å². The van der Waals surface area contributed by atoms with Crippen LogP contribution in [0, 0.1) is 6.92 Å². The van der Waals surface area contributed by atoms with Crippen LogP contribution >= 0.6 is 0 Å². The molecule has 1 heteroatoms. The number of hydrogen-bond donors (Lipinski definition) is 0. The summed E-state index contributed by atoms with van der Waals surface area (Å²) in [7, 11) is 0. The third kappa shape index (κ3) is 1.11. The van der Waals surface area contributed by atoms with E-state index in [2.05, 4.69) is 23.7 Å². The molecule has 0 fully saturated rings. The van der Waals surface area contributed by atoms with Crippen molar-refractivity contribution in [2.75, 3.05) is 0 Å². The van der Waals surface area contributed by atoms with Gasteiger partial charge in [-0.25, -0.2) is 0 Å². The fourth-order valence-electron chi connectivity index (χ4n) is 1.30. The highest BCUT2D eigenvalue weighted by Gasteiger charge is 1.89. The molecule has 58 valence electrons. The molecule has 2 rings (SSSR count). The third-order valence-corrected chi connectivity index (χ3v) is 1.95. The number of aryl methyl sites for hydroxylation is 1. The quantitative estimate of drug-likeness (QED) is 0.524. The molecule has 0 N–H and O–H groups in total. The van der Waals surface area contributed by atoms with Crippen molar-refractivity contribution >= 4 is 18.0 Å². The molecule has 0 atom stereocenters. The summed E-state index contributed by atoms with van der Waals surface area (Å²) >= 11 is 0. The van der Waals surface area contributed by atoms with Gasteiger partial charge in [0, 0.05) is 11.4 Å². The highest BCUT2D eigenvalue weighted by Crippen LogP contribution is 1.84. The molecular formula is C11H9N. The van der Waals surface area contributed by atoms with E-state index in [1.807, 2.05) is 18.2 Å². The van der Waals surface area contributed by atoms with Crippen molar-refractivity contribution in [2.24, 2.45) is 4.99 Å². The molecule has 1 aliphatic rings. The maximum atomic E-state index is 4.01. The third-order valence-electron chi connectivity index (χ3n) is 1.95. The predicted molar refractivity (Wildman–Crippen MR) is 51.4 cm³/mol. The minimum absolute atomic E-state index is 1.12. The van der Waals surface area contributed by atoms with Crippen LogP contribution < -0.4 is 10.4 Å². The van der Waals surface area contributed by atoms with Crippen LogP contribution in [0.4, 0.5) is 0 Å². The van der Waals surface area contributed by atoms with Gasteiger partial charge in [0.05, 0.1) is 6.20 Å². The molecule has 0 radical (unpaired) electrons. The van der Waals surface area contributed by atoms with E-state index >= 15 is 0 Å². The Labute approximate surface area is 71.1 Å². The molecule has 1 aromatic carbocycles. The largest absolute Gasteiger partial charge is 0.256 e. The Bertz CT molecular complexity index is 474. The minimum Gasteiger partial charge on any atom is -0.256 e. The van der Waals surface area contributed by atoms with Crippen LogP contribution in [0.25, 0.3) is 11.8 Å². The van der Waals surface area contributed by atoms with Gasteiger partial charge in [0.1, 0.15) is 0 Å². The van der Waals surface area contributed by atoms with Gasteiger partial charge in [-0.2, -0.15) is 0 Å². The molecule has 12 heavy (non-hydrogen) atoms. The zero-order valence-corrected chi connectivity index (χ0v) is 6.91. The first kappa shape index (κ1) is 7.08. The summed E-state index contributed by atoms with van der Waals surface area (Å²) in [5.74, 6) is 0. The Morgan fingerprint density at radius 3 is 3.17 bits per heavy atom. The minimum atomic E-state index is 1.12. The normalized spacial score (nSPS) is 12.8. The predicted octanol–water partition coefficient (Wildman–Crippen LogP) is 0.753. The van der Waals surface area contributed by atoms with Gasteiger partial charge in [0.2, 0.25) is 0 Å². The second kappa shape index (κ2) is 2.80. The lowest BCUT2D eigenvalue weighted by atomic mass is 10.1. The van der Waals surface area contributed by atoms with E-state index in [4.69, 9.17) is 0 Å². The average Bonchev–Trinajstić information content (AvgIpc) is 2.30. The summed E-state index contributed by atoms with van der Waals surface area (Å²) in [4.78, 5) is 4.01. The van der Waals surface area contributed by atoms with Gasteiger partial charge < -0.3 is 0 Å². The van der Waals surface area contributed by atoms with E-state index in [9.17, 15) is 0 Å². The summed E-state index contributed by atoms with van der Waals surface area (Å²) in [5, 5.41) is 2.34. The molecular weight excluding hydrogens is 146 g/mol. The first-order chi connectivity index (χ1) is 5.88. The van der Waals surface area contributed by atoms with Crippen molar-refractivity contribution in [1.82, 2.24) is 0 Å². The average molecular weight is 155 g/mol. The van der Waals surface area contributed by atoms with E-state index < -0.39 is 0 Å². The number of aliphatic imine (C=N–C) groups is 1. The van der Waals surface area contributed by atoms with Gasteiger partial charge in [-0.3, -0.25) is 4.99 Å². The van der Waals surface area contributed by atoms with Crippen molar-refractivity contribution in [1.29, 1.82) is 0 Å². The maximum absolute atomic E-state index is 4.01. The van der Waals surface area contributed by atoms with Crippen LogP contribution in [0.2, 0.25) is 0 Å². The molecule has 0 aromatic heterocycles. The highest BCUT2D eigenvalue weighted by atomic mass is 14.6. The van der Waals surface area contributed by atoms with Crippen molar-refractivity contribution in [2.45, 2.75) is 6.92 Å². The van der Waals surface area contributed by atoms with E-state index in [0.717, 1.165) is 5.22 Å². The number of fused-ring (bicyclic) bond motifs is 1. The van der Waals surface area contributed by atoms with E-state index in [1.54, 1.807) is 12.4 Å². The molecule has 1 aliphatic heterocycles. The van der Waals surface area contributed by atoms with Gasteiger partial charge in [-0.05, 0) is 29.8 Å². The summed E-state index contributed by atoms with van der Waals surface area (Å²) in [6, 6.07) is 6.17. The lowest BCUT2D eigenvalue weighted by Gasteiger charge is -1.91. The zero-order chi connectivity index (χ0) is 8.39. The molecule has 1 heterocycles. The van der Waals surface area contributed by atoms with E-state index in [0.29, 0.717) is 0 Å². The summed E-state index contributed by atoms with van der Waals surface area (Å²) in [6.45, 7) is 2.09. The molecule has 0 unspecified atom stereocenters. The lowest BCUT2D eigenvalue weighted by molar-refractivity contribution is 1.38. The van der Waals surface area contributed by atoms with Crippen LogP contribution in [0.3, 0.4) is 0 Å². The Balaban J connectivity index is 3.02. The molecule has 0 saturated carbocycles. The van der Waals surface area contributed by atoms with Crippen LogP contribution in [-0.4, -0.2) is 6.21 Å². The van der Waals surface area contributed by atoms with E-state index in [-0.39, 0.29) is 0 Å². The maximum Gasteiger partial charge on any atom is 0.0692 e. The fourth-order valence-corrected chi connectivity index (χ4v) is 1.30. The Kier molecular flexibility index (Phi) is 1.65. The summed E-state index contributed by atoms with van der Waals surface area (Å²) < 4.78 is 0. The van der Waals surface area contributed by atoms with Crippen molar-refractivity contribution in [3.63, 3.8) is 0 Å². The number of benzene rings is 1.